The molecule has 0 amide bonds. The van der Waals surface area contributed by atoms with Crippen molar-refractivity contribution in [3.8, 4) is 0 Å². The molecule has 0 aliphatic rings. The Kier molecular flexibility index (Phi) is 4.33. The van der Waals surface area contributed by atoms with Gasteiger partial charge in [-0.25, -0.2) is 0 Å². The molecule has 96 valence electrons. The fourth-order valence-electron chi connectivity index (χ4n) is 1.87. The van der Waals surface area contributed by atoms with E-state index in [1.54, 1.807) is 12.5 Å². The molecule has 2 unspecified atom stereocenters. The highest BCUT2D eigenvalue weighted by Crippen LogP contribution is 2.26. The molecule has 1 heterocycles. The highest BCUT2D eigenvalue weighted by atomic mass is 35.5. The van der Waals surface area contributed by atoms with Crippen molar-refractivity contribution in [2.75, 3.05) is 0 Å². The van der Waals surface area contributed by atoms with Crippen LogP contribution in [-0.4, -0.2) is 0 Å². The summed E-state index contributed by atoms with van der Waals surface area (Å²) in [5.74, 6) is 0. The maximum Gasteiger partial charge on any atom is 0.0950 e. The first-order valence-corrected chi connectivity index (χ1v) is 6.56. The van der Waals surface area contributed by atoms with E-state index in [9.17, 15) is 0 Å². The average Bonchev–Trinajstić information content (AvgIpc) is 2.86. The predicted octanol–water partition coefficient (Wildman–Crippen LogP) is 5.00. The third-order valence-corrected chi connectivity index (χ3v) is 3.73. The maximum atomic E-state index is 6.02. The van der Waals surface area contributed by atoms with E-state index in [1.165, 1.54) is 0 Å². The lowest BCUT2D eigenvalue weighted by molar-refractivity contribution is 0.486. The molecular weight excluding hydrogens is 269 g/mol. The Morgan fingerprint density at radius 2 is 1.72 bits per heavy atom. The Balaban J connectivity index is 2.07. The molecule has 0 fully saturated rings. The van der Waals surface area contributed by atoms with Crippen molar-refractivity contribution >= 4 is 23.2 Å². The van der Waals surface area contributed by atoms with E-state index in [2.05, 4.69) is 19.2 Å². The van der Waals surface area contributed by atoms with Crippen molar-refractivity contribution in [1.29, 1.82) is 0 Å². The summed E-state index contributed by atoms with van der Waals surface area (Å²) in [7, 11) is 0. The van der Waals surface area contributed by atoms with Crippen LogP contribution in [0.4, 0.5) is 0 Å². The third kappa shape index (κ3) is 3.08. The number of hydrogen-bond acceptors (Lipinski definition) is 2. The molecule has 1 aromatic carbocycles. The SMILES string of the molecule is CC(NC(C)c1ccc(Cl)c(Cl)c1)c1ccoc1. The second-order valence-corrected chi connectivity index (χ2v) is 5.15. The molecule has 0 saturated heterocycles. The van der Waals surface area contributed by atoms with E-state index < -0.39 is 0 Å². The van der Waals surface area contributed by atoms with Crippen LogP contribution in [0, 0.1) is 0 Å². The zero-order chi connectivity index (χ0) is 13.1. The fourth-order valence-corrected chi connectivity index (χ4v) is 2.18. The van der Waals surface area contributed by atoms with Gasteiger partial charge in [0.1, 0.15) is 0 Å². The van der Waals surface area contributed by atoms with Gasteiger partial charge in [-0.15, -0.1) is 0 Å². The smallest absolute Gasteiger partial charge is 0.0950 e. The largest absolute Gasteiger partial charge is 0.472 e. The van der Waals surface area contributed by atoms with Gasteiger partial charge >= 0.3 is 0 Å². The zero-order valence-electron chi connectivity index (χ0n) is 10.3. The molecule has 2 rings (SSSR count). The number of rotatable bonds is 4. The summed E-state index contributed by atoms with van der Waals surface area (Å²) in [4.78, 5) is 0. The molecule has 18 heavy (non-hydrogen) atoms. The van der Waals surface area contributed by atoms with Gasteiger partial charge in [-0.1, -0.05) is 29.3 Å². The third-order valence-electron chi connectivity index (χ3n) is 2.99. The molecule has 1 N–H and O–H groups in total. The molecule has 0 bridgehead atoms. The van der Waals surface area contributed by atoms with Gasteiger partial charge in [-0.05, 0) is 37.6 Å². The maximum absolute atomic E-state index is 6.02. The lowest BCUT2D eigenvalue weighted by Crippen LogP contribution is -2.22. The van der Waals surface area contributed by atoms with Gasteiger partial charge in [-0.2, -0.15) is 0 Å². The average molecular weight is 284 g/mol. The minimum absolute atomic E-state index is 0.185. The Labute approximate surface area is 117 Å². The van der Waals surface area contributed by atoms with Gasteiger partial charge < -0.3 is 9.73 Å². The zero-order valence-corrected chi connectivity index (χ0v) is 11.8. The fraction of sp³-hybridized carbons (Fsp3) is 0.286. The molecule has 0 aliphatic heterocycles. The van der Waals surface area contributed by atoms with Crippen LogP contribution in [0.25, 0.3) is 0 Å². The molecule has 0 aliphatic carbocycles. The van der Waals surface area contributed by atoms with Crippen LogP contribution in [0.2, 0.25) is 10.0 Å². The van der Waals surface area contributed by atoms with Crippen molar-refractivity contribution < 1.29 is 4.42 Å². The van der Waals surface area contributed by atoms with Crippen LogP contribution in [0.3, 0.4) is 0 Å². The van der Waals surface area contributed by atoms with Crippen molar-refractivity contribution in [2.45, 2.75) is 25.9 Å². The van der Waals surface area contributed by atoms with Crippen molar-refractivity contribution in [1.82, 2.24) is 5.32 Å². The van der Waals surface area contributed by atoms with Crippen LogP contribution in [0.1, 0.15) is 37.1 Å². The van der Waals surface area contributed by atoms with Gasteiger partial charge in [-0.3, -0.25) is 0 Å². The van der Waals surface area contributed by atoms with Gasteiger partial charge in [0.15, 0.2) is 0 Å². The Bertz CT molecular complexity index is 511. The Morgan fingerprint density at radius 3 is 2.33 bits per heavy atom. The van der Waals surface area contributed by atoms with Crippen molar-refractivity contribution in [3.05, 3.63) is 58.0 Å². The molecular formula is C14H15Cl2NO. The minimum Gasteiger partial charge on any atom is -0.472 e. The molecule has 0 radical (unpaired) electrons. The summed E-state index contributed by atoms with van der Waals surface area (Å²) in [5, 5.41) is 4.64. The first kappa shape index (κ1) is 13.5. The van der Waals surface area contributed by atoms with Crippen molar-refractivity contribution in [2.24, 2.45) is 0 Å². The van der Waals surface area contributed by atoms with E-state index in [1.807, 2.05) is 24.3 Å². The van der Waals surface area contributed by atoms with Gasteiger partial charge in [0, 0.05) is 17.6 Å². The van der Waals surface area contributed by atoms with E-state index >= 15 is 0 Å². The first-order chi connectivity index (χ1) is 8.58. The van der Waals surface area contributed by atoms with Crippen LogP contribution < -0.4 is 5.32 Å². The standard InChI is InChI=1S/C14H15Cl2NO/c1-9(11-3-4-13(15)14(16)7-11)17-10(2)12-5-6-18-8-12/h3-10,17H,1-2H3. The van der Waals surface area contributed by atoms with Crippen LogP contribution in [0.5, 0.6) is 0 Å². The minimum atomic E-state index is 0.185. The summed E-state index contributed by atoms with van der Waals surface area (Å²) < 4.78 is 5.08. The second-order valence-electron chi connectivity index (χ2n) is 4.34. The Morgan fingerprint density at radius 1 is 1.00 bits per heavy atom. The highest BCUT2D eigenvalue weighted by Gasteiger charge is 2.12. The Hall–Kier alpha value is -0.960. The molecule has 0 spiro atoms. The molecule has 1 aromatic heterocycles. The predicted molar refractivity (Wildman–Crippen MR) is 75.1 cm³/mol. The quantitative estimate of drug-likeness (QED) is 0.854. The van der Waals surface area contributed by atoms with E-state index in [-0.39, 0.29) is 12.1 Å². The summed E-state index contributed by atoms with van der Waals surface area (Å²) >= 11 is 11.9. The number of furan rings is 1. The molecule has 4 heteroatoms. The summed E-state index contributed by atoms with van der Waals surface area (Å²) in [6.45, 7) is 4.19. The molecule has 2 atom stereocenters. The van der Waals surface area contributed by atoms with Crippen LogP contribution in [-0.2, 0) is 0 Å². The summed E-state index contributed by atoms with van der Waals surface area (Å²) in [6.07, 6.45) is 3.43. The number of benzene rings is 1. The number of hydrogen-bond donors (Lipinski definition) is 1. The second kappa shape index (κ2) is 5.79. The molecule has 0 saturated carbocycles. The van der Waals surface area contributed by atoms with Gasteiger partial charge in [0.25, 0.3) is 0 Å². The van der Waals surface area contributed by atoms with Gasteiger partial charge in [0.05, 0.1) is 22.6 Å². The summed E-state index contributed by atoms with van der Waals surface area (Å²) in [5.41, 5.74) is 2.24. The van der Waals surface area contributed by atoms with E-state index in [0.717, 1.165) is 11.1 Å². The number of nitrogens with one attached hydrogen (secondary N) is 1. The highest BCUT2D eigenvalue weighted by molar-refractivity contribution is 6.42. The molecule has 2 nitrogen and oxygen atoms in total. The van der Waals surface area contributed by atoms with E-state index in [4.69, 9.17) is 27.6 Å². The van der Waals surface area contributed by atoms with Crippen LogP contribution in [0.15, 0.2) is 41.2 Å². The number of halogens is 2. The first-order valence-electron chi connectivity index (χ1n) is 5.81. The van der Waals surface area contributed by atoms with E-state index in [0.29, 0.717) is 10.0 Å². The summed E-state index contributed by atoms with van der Waals surface area (Å²) in [6, 6.07) is 8.05. The monoisotopic (exact) mass is 283 g/mol. The van der Waals surface area contributed by atoms with Gasteiger partial charge in [0.2, 0.25) is 0 Å². The van der Waals surface area contributed by atoms with Crippen molar-refractivity contribution in [3.63, 3.8) is 0 Å². The topological polar surface area (TPSA) is 25.2 Å². The van der Waals surface area contributed by atoms with Crippen LogP contribution >= 0.6 is 23.2 Å². The lowest BCUT2D eigenvalue weighted by atomic mass is 10.1. The normalized spacial score (nSPS) is 14.4. The lowest BCUT2D eigenvalue weighted by Gasteiger charge is -2.19. The molecule has 2 aromatic rings.